The number of amides is 1. The molecule has 8 heteroatoms. The summed E-state index contributed by atoms with van der Waals surface area (Å²) in [6, 6.07) is 14.0. The number of hydrogen-bond donors (Lipinski definition) is 2. The topological polar surface area (TPSA) is 106 Å². The quantitative estimate of drug-likeness (QED) is 0.348. The second-order valence-electron chi connectivity index (χ2n) is 7.65. The maximum Gasteiger partial charge on any atom is 0.337 e. The number of carbonyl (C=O) groups is 2. The van der Waals surface area contributed by atoms with Crippen LogP contribution >= 0.6 is 0 Å². The van der Waals surface area contributed by atoms with Gasteiger partial charge in [-0.3, -0.25) is 9.48 Å². The van der Waals surface area contributed by atoms with Crippen LogP contribution in [0.2, 0.25) is 0 Å². The Morgan fingerprint density at radius 1 is 1.06 bits per heavy atom. The first-order valence-electron chi connectivity index (χ1n) is 10.1. The zero-order chi connectivity index (χ0) is 23.4. The van der Waals surface area contributed by atoms with E-state index in [1.165, 1.54) is 36.9 Å². The second-order valence-corrected chi connectivity index (χ2v) is 7.65. The van der Waals surface area contributed by atoms with Crippen LogP contribution in [-0.4, -0.2) is 39.6 Å². The maximum atomic E-state index is 12.4. The Kier molecular flexibility index (Phi) is 6.73. The van der Waals surface area contributed by atoms with Crippen molar-refractivity contribution in [2.75, 3.05) is 7.11 Å². The maximum absolute atomic E-state index is 12.4. The average molecular weight is 434 g/mol. The number of ether oxygens (including phenoxy) is 1. The van der Waals surface area contributed by atoms with E-state index in [2.05, 4.69) is 34.2 Å². The van der Waals surface area contributed by atoms with Gasteiger partial charge in [0.05, 0.1) is 18.4 Å². The van der Waals surface area contributed by atoms with Gasteiger partial charge in [-0.15, -0.1) is 0 Å². The van der Waals surface area contributed by atoms with Crippen LogP contribution in [0.25, 0.3) is 11.3 Å². The van der Waals surface area contributed by atoms with Gasteiger partial charge in [0.2, 0.25) is 0 Å². The molecule has 0 aliphatic rings. The summed E-state index contributed by atoms with van der Waals surface area (Å²) >= 11 is 0. The molecule has 1 amide bonds. The Balaban J connectivity index is 1.79. The van der Waals surface area contributed by atoms with Gasteiger partial charge in [0.15, 0.2) is 11.4 Å². The van der Waals surface area contributed by atoms with Crippen LogP contribution in [-0.2, 0) is 11.8 Å². The molecule has 32 heavy (non-hydrogen) atoms. The summed E-state index contributed by atoms with van der Waals surface area (Å²) in [4.78, 5) is 23.9. The minimum Gasteiger partial charge on any atom is -0.504 e. The number of nitrogens with one attached hydrogen (secondary N) is 1. The number of carbonyl (C=O) groups excluding carboxylic acids is 2. The number of esters is 1. The molecule has 0 unspecified atom stereocenters. The minimum atomic E-state index is -0.480. The smallest absolute Gasteiger partial charge is 0.337 e. The molecule has 0 spiro atoms. The van der Waals surface area contributed by atoms with Gasteiger partial charge in [-0.05, 0) is 42.7 Å². The van der Waals surface area contributed by atoms with Crippen LogP contribution in [0.1, 0.15) is 58.7 Å². The first-order chi connectivity index (χ1) is 15.2. The summed E-state index contributed by atoms with van der Waals surface area (Å²) < 4.78 is 6.23. The highest BCUT2D eigenvalue weighted by atomic mass is 16.5. The van der Waals surface area contributed by atoms with Gasteiger partial charge in [0, 0.05) is 18.2 Å². The first-order valence-corrected chi connectivity index (χ1v) is 10.1. The third-order valence-electron chi connectivity index (χ3n) is 5.11. The van der Waals surface area contributed by atoms with Gasteiger partial charge in [0.25, 0.3) is 5.91 Å². The lowest BCUT2D eigenvalue weighted by Gasteiger charge is -2.07. The second kappa shape index (κ2) is 9.47. The van der Waals surface area contributed by atoms with E-state index in [0.717, 1.165) is 5.56 Å². The minimum absolute atomic E-state index is 0.0114. The van der Waals surface area contributed by atoms with Crippen molar-refractivity contribution >= 4 is 17.6 Å². The molecular formula is C24H26N4O4. The lowest BCUT2D eigenvalue weighted by molar-refractivity contribution is 0.0600. The third kappa shape index (κ3) is 4.69. The molecule has 0 atom stereocenters. The Bertz CT molecular complexity index is 1160. The molecular weight excluding hydrogens is 408 g/mol. The van der Waals surface area contributed by atoms with Gasteiger partial charge < -0.3 is 9.84 Å². The predicted molar refractivity (Wildman–Crippen MR) is 122 cm³/mol. The molecule has 0 saturated carbocycles. The summed E-state index contributed by atoms with van der Waals surface area (Å²) in [7, 11) is 3.03. The largest absolute Gasteiger partial charge is 0.504 e. The van der Waals surface area contributed by atoms with Gasteiger partial charge >= 0.3 is 5.97 Å². The fourth-order valence-corrected chi connectivity index (χ4v) is 3.23. The van der Waals surface area contributed by atoms with E-state index in [-0.39, 0.29) is 11.4 Å². The molecule has 0 fully saturated rings. The monoisotopic (exact) mass is 434 g/mol. The number of nitrogens with zero attached hydrogens (tertiary/aromatic N) is 3. The highest BCUT2D eigenvalue weighted by molar-refractivity contribution is 6.02. The van der Waals surface area contributed by atoms with Crippen LogP contribution < -0.4 is 5.43 Å². The molecule has 0 radical (unpaired) electrons. The number of methoxy groups -OCH3 is 1. The van der Waals surface area contributed by atoms with E-state index in [1.807, 2.05) is 24.3 Å². The number of aromatic hydroxyl groups is 1. The van der Waals surface area contributed by atoms with Crippen molar-refractivity contribution in [3.05, 3.63) is 70.9 Å². The normalized spacial score (nSPS) is 11.5. The number of rotatable bonds is 6. The van der Waals surface area contributed by atoms with E-state index in [4.69, 9.17) is 0 Å². The van der Waals surface area contributed by atoms with Crippen molar-refractivity contribution in [1.29, 1.82) is 0 Å². The molecule has 2 N–H and O–H groups in total. The van der Waals surface area contributed by atoms with Crippen LogP contribution in [0.4, 0.5) is 0 Å². The highest BCUT2D eigenvalue weighted by Gasteiger charge is 2.19. The van der Waals surface area contributed by atoms with E-state index < -0.39 is 11.9 Å². The number of benzene rings is 2. The van der Waals surface area contributed by atoms with Crippen molar-refractivity contribution in [2.45, 2.75) is 26.7 Å². The highest BCUT2D eigenvalue weighted by Crippen LogP contribution is 2.32. The summed E-state index contributed by atoms with van der Waals surface area (Å²) in [6.07, 6.45) is 0. The van der Waals surface area contributed by atoms with E-state index in [1.54, 1.807) is 18.7 Å². The number of hydrazone groups is 1. The van der Waals surface area contributed by atoms with Gasteiger partial charge in [0.1, 0.15) is 5.69 Å². The lowest BCUT2D eigenvalue weighted by atomic mass is 10.0. The van der Waals surface area contributed by atoms with Gasteiger partial charge in [-0.1, -0.05) is 38.1 Å². The van der Waals surface area contributed by atoms with Crippen LogP contribution in [0.5, 0.6) is 5.75 Å². The van der Waals surface area contributed by atoms with E-state index in [9.17, 15) is 14.7 Å². The van der Waals surface area contributed by atoms with Crippen molar-refractivity contribution < 1.29 is 19.4 Å². The van der Waals surface area contributed by atoms with Crippen molar-refractivity contribution in [3.63, 3.8) is 0 Å². The molecule has 0 saturated heterocycles. The zero-order valence-electron chi connectivity index (χ0n) is 18.7. The van der Waals surface area contributed by atoms with E-state index >= 15 is 0 Å². The van der Waals surface area contributed by atoms with Crippen molar-refractivity contribution in [3.8, 4) is 17.0 Å². The van der Waals surface area contributed by atoms with Crippen molar-refractivity contribution in [2.24, 2.45) is 12.1 Å². The first kappa shape index (κ1) is 22.7. The molecule has 166 valence electrons. The molecule has 2 aromatic carbocycles. The van der Waals surface area contributed by atoms with Crippen LogP contribution in [0, 0.1) is 0 Å². The molecule has 3 aromatic rings. The van der Waals surface area contributed by atoms with Gasteiger partial charge in [-0.25, -0.2) is 10.2 Å². The Morgan fingerprint density at radius 2 is 1.66 bits per heavy atom. The zero-order valence-corrected chi connectivity index (χ0v) is 18.7. The summed E-state index contributed by atoms with van der Waals surface area (Å²) in [5.41, 5.74) is 6.34. The summed E-state index contributed by atoms with van der Waals surface area (Å²) in [5.74, 6) is -0.538. The number of aromatic nitrogens is 2. The molecule has 0 aliphatic carbocycles. The fraction of sp³-hybridized carbons (Fsp3) is 0.250. The Labute approximate surface area is 186 Å². The molecule has 0 aliphatic heterocycles. The fourth-order valence-electron chi connectivity index (χ4n) is 3.23. The Hall–Kier alpha value is -3.94. The lowest BCUT2D eigenvalue weighted by Crippen LogP contribution is -2.19. The molecule has 0 bridgehead atoms. The van der Waals surface area contributed by atoms with Gasteiger partial charge in [-0.2, -0.15) is 10.2 Å². The predicted octanol–water partition coefficient (Wildman–Crippen LogP) is 3.86. The third-order valence-corrected chi connectivity index (χ3v) is 5.11. The number of hydrogen-bond acceptors (Lipinski definition) is 6. The summed E-state index contributed by atoms with van der Waals surface area (Å²) in [6.45, 7) is 5.89. The Morgan fingerprint density at radius 3 is 2.22 bits per heavy atom. The molecule has 8 nitrogen and oxygen atoms in total. The number of aryl methyl sites for hydroxylation is 1. The summed E-state index contributed by atoms with van der Waals surface area (Å²) in [5, 5.41) is 19.2. The van der Waals surface area contributed by atoms with Crippen LogP contribution in [0.3, 0.4) is 0 Å². The van der Waals surface area contributed by atoms with E-state index in [0.29, 0.717) is 28.5 Å². The average Bonchev–Trinajstić information content (AvgIpc) is 3.10. The van der Waals surface area contributed by atoms with Crippen molar-refractivity contribution in [1.82, 2.24) is 15.2 Å². The SMILES string of the molecule is COC(=O)c1ccc(C(=O)N/N=C(/C)c2nn(C)c(-c3ccc(C(C)C)cc3)c2O)cc1. The molecule has 1 aromatic heterocycles. The molecule has 3 rings (SSSR count). The standard InChI is InChI=1S/C24H26N4O4/c1-14(2)16-6-8-17(9-7-16)21-22(29)20(27-28(21)4)15(3)25-26-23(30)18-10-12-19(13-11-18)24(31)32-5/h6-14,29H,1-5H3,(H,26,30)/b25-15-. The van der Waals surface area contributed by atoms with Crippen LogP contribution in [0.15, 0.2) is 53.6 Å². The molecule has 1 heterocycles.